The van der Waals surface area contributed by atoms with Gasteiger partial charge in [0.25, 0.3) is 0 Å². The number of nitrogens with zero attached hydrogens (tertiary/aromatic N) is 8. The van der Waals surface area contributed by atoms with Gasteiger partial charge >= 0.3 is 22.7 Å². The van der Waals surface area contributed by atoms with Crippen molar-refractivity contribution in [1.82, 2.24) is 0 Å². The fourth-order valence-electron chi connectivity index (χ4n) is 3.04. The van der Waals surface area contributed by atoms with Crippen LogP contribution in [0.4, 0.5) is 0 Å². The van der Waals surface area contributed by atoms with E-state index in [0.717, 1.165) is 0 Å². The Morgan fingerprint density at radius 1 is 0.367 bits per heavy atom. The van der Waals surface area contributed by atoms with E-state index in [1.54, 1.807) is 0 Å². The monoisotopic (exact) mass is 442 g/mol. The summed E-state index contributed by atoms with van der Waals surface area (Å²) >= 11 is 0. The molecule has 0 saturated carbocycles. The summed E-state index contributed by atoms with van der Waals surface area (Å²) in [5.74, 6) is 0. The molecule has 24 nitrogen and oxygen atoms in total. The summed E-state index contributed by atoms with van der Waals surface area (Å²) < 4.78 is 0. The maximum atomic E-state index is 11.6. The van der Waals surface area contributed by atoms with Crippen LogP contribution in [-0.2, 0) is 0 Å². The lowest BCUT2D eigenvalue weighted by Crippen LogP contribution is -2.92. The highest BCUT2D eigenvalue weighted by atomic mass is 16.8. The van der Waals surface area contributed by atoms with Crippen LogP contribution in [0, 0.1) is 80.9 Å². The predicted octanol–water partition coefficient (Wildman–Crippen LogP) is -2.44. The first-order chi connectivity index (χ1) is 13.5. The Hall–Kier alpha value is -5.06. The summed E-state index contributed by atoms with van der Waals surface area (Å²) in [5.41, 5.74) is -22.6. The molecule has 24 heteroatoms. The molecule has 0 atom stereocenters. The van der Waals surface area contributed by atoms with E-state index in [-0.39, 0.29) is 0 Å². The van der Waals surface area contributed by atoms with Crippen molar-refractivity contribution in [3.05, 3.63) is 93.1 Å². The highest BCUT2D eigenvalue weighted by molar-refractivity contribution is 5.23. The van der Waals surface area contributed by atoms with Gasteiger partial charge in [-0.25, -0.2) is 0 Å². The molecule has 0 aliphatic heterocycles. The lowest BCUT2D eigenvalue weighted by molar-refractivity contribution is -1.04. The van der Waals surface area contributed by atoms with Crippen molar-refractivity contribution in [2.45, 2.75) is 22.7 Å². The van der Waals surface area contributed by atoms with Gasteiger partial charge in [0.15, 0.2) is 0 Å². The Morgan fingerprint density at radius 3 is 0.633 bits per heavy atom. The fraction of sp³-hybridized carbons (Fsp3) is 0.667. The van der Waals surface area contributed by atoms with Gasteiger partial charge in [-0.3, -0.25) is 80.9 Å². The summed E-state index contributed by atoms with van der Waals surface area (Å²) in [4.78, 5) is 70.0. The maximum absolute atomic E-state index is 11.6. The molecule has 1 rings (SSSR count). The van der Waals surface area contributed by atoms with Gasteiger partial charge in [0.2, 0.25) is 0 Å². The first-order valence-electron chi connectivity index (χ1n) is 6.37. The van der Waals surface area contributed by atoms with Gasteiger partial charge < -0.3 is 0 Å². The number of rotatable bonds is 8. The lowest BCUT2D eigenvalue weighted by atomic mass is 9.69. The van der Waals surface area contributed by atoms with E-state index < -0.39 is 74.2 Å². The summed E-state index contributed by atoms with van der Waals surface area (Å²) in [7, 11) is 0. The molecule has 0 aromatic heterocycles. The Morgan fingerprint density at radius 2 is 0.533 bits per heavy atom. The van der Waals surface area contributed by atoms with Gasteiger partial charge in [-0.05, 0) is 0 Å². The van der Waals surface area contributed by atoms with Crippen LogP contribution in [0.15, 0.2) is 12.2 Å². The summed E-state index contributed by atoms with van der Waals surface area (Å²) in [6, 6.07) is 0. The smallest absolute Gasteiger partial charge is 0.258 e. The average molecular weight is 442 g/mol. The molecule has 0 aromatic rings. The Balaban J connectivity index is 4.87. The van der Waals surface area contributed by atoms with Crippen molar-refractivity contribution in [3.63, 3.8) is 0 Å². The molecule has 0 radical (unpaired) electrons. The van der Waals surface area contributed by atoms with Crippen LogP contribution in [0.5, 0.6) is 0 Å². The van der Waals surface area contributed by atoms with E-state index >= 15 is 0 Å². The van der Waals surface area contributed by atoms with Crippen LogP contribution in [0.2, 0.25) is 0 Å². The van der Waals surface area contributed by atoms with Crippen molar-refractivity contribution in [3.8, 4) is 0 Å². The van der Waals surface area contributed by atoms with E-state index in [4.69, 9.17) is 0 Å². The topological polar surface area (TPSA) is 345 Å². The first kappa shape index (κ1) is 23.0. The average Bonchev–Trinajstić information content (AvgIpc) is 2.57. The zero-order chi connectivity index (χ0) is 24.0. The molecule has 0 saturated heterocycles. The normalized spacial score (nSPS) is 19.7. The minimum atomic E-state index is -6.03. The quantitative estimate of drug-likeness (QED) is 0.163. The van der Waals surface area contributed by atoms with Crippen LogP contribution in [0.25, 0.3) is 0 Å². The van der Waals surface area contributed by atoms with Crippen LogP contribution in [0.1, 0.15) is 0 Å². The molecule has 0 aromatic carbocycles. The van der Waals surface area contributed by atoms with Crippen LogP contribution in [-0.4, -0.2) is 62.0 Å². The molecule has 0 unspecified atom stereocenters. The van der Waals surface area contributed by atoms with Crippen molar-refractivity contribution in [1.29, 1.82) is 0 Å². The summed E-state index contributed by atoms with van der Waals surface area (Å²) in [6.07, 6.45) is -2.01. The van der Waals surface area contributed by atoms with Gasteiger partial charge in [-0.2, -0.15) is 0 Å². The van der Waals surface area contributed by atoms with E-state index in [1.165, 1.54) is 0 Å². The summed E-state index contributed by atoms with van der Waals surface area (Å²) in [6.45, 7) is 0. The second-order valence-corrected chi connectivity index (χ2v) is 5.19. The SMILES string of the molecule is O=[N+]([O-])C1([N+](=O)[O-])C=CC([N+](=O)[O-])([N+](=O)[O-])C([N+](=O)[O-])([N+](=O)[O-])C1([N+](=O)[O-])[N+](=O)[O-]. The van der Waals surface area contributed by atoms with Gasteiger partial charge in [0.1, 0.15) is 39.4 Å². The predicted molar refractivity (Wildman–Crippen MR) is 76.0 cm³/mol. The Bertz CT molecular complexity index is 833. The third-order valence-corrected chi connectivity index (χ3v) is 4.23. The molecule has 30 heavy (non-hydrogen) atoms. The standard InChI is InChI=1S/C6H2N8O16/c15-7(16)3(8(17)18)1-2-4(9(19)20,10(21)22)6(13(27)28,14(29)30)5(3,11(23)24)12(25)26/h1-2H. The van der Waals surface area contributed by atoms with Crippen LogP contribution >= 0.6 is 0 Å². The van der Waals surface area contributed by atoms with Crippen molar-refractivity contribution >= 4 is 0 Å². The van der Waals surface area contributed by atoms with Gasteiger partial charge in [0.05, 0.1) is 12.2 Å². The largest absolute Gasteiger partial charge is 0.754 e. The molecular weight excluding hydrogens is 440 g/mol. The maximum Gasteiger partial charge on any atom is 0.754 e. The fourth-order valence-corrected chi connectivity index (χ4v) is 3.04. The molecule has 1 aliphatic rings. The number of nitro groups is 8. The minimum Gasteiger partial charge on any atom is -0.258 e. The molecule has 0 heterocycles. The highest BCUT2D eigenvalue weighted by Gasteiger charge is 3.23. The van der Waals surface area contributed by atoms with Gasteiger partial charge in [-0.1, -0.05) is 0 Å². The molecular formula is C6H2N8O16. The van der Waals surface area contributed by atoms with Gasteiger partial charge in [0, 0.05) is 0 Å². The minimum absolute atomic E-state index is 1.00. The highest BCUT2D eigenvalue weighted by Crippen LogP contribution is 2.52. The molecule has 0 bridgehead atoms. The molecule has 162 valence electrons. The van der Waals surface area contributed by atoms with E-state index in [0.29, 0.717) is 0 Å². The Labute approximate surface area is 156 Å². The molecule has 1 aliphatic carbocycles. The Kier molecular flexibility index (Phi) is 4.78. The van der Waals surface area contributed by atoms with E-state index in [2.05, 4.69) is 0 Å². The summed E-state index contributed by atoms with van der Waals surface area (Å²) in [5, 5.41) is 91.6. The van der Waals surface area contributed by atoms with Crippen molar-refractivity contribution in [2.24, 2.45) is 0 Å². The first-order valence-corrected chi connectivity index (χ1v) is 6.37. The van der Waals surface area contributed by atoms with E-state index in [9.17, 15) is 80.9 Å². The van der Waals surface area contributed by atoms with Crippen LogP contribution in [0.3, 0.4) is 0 Å². The molecule has 0 spiro atoms. The second-order valence-electron chi connectivity index (χ2n) is 5.19. The zero-order valence-electron chi connectivity index (χ0n) is 13.3. The van der Waals surface area contributed by atoms with Gasteiger partial charge in [-0.15, -0.1) is 0 Å². The molecule has 0 N–H and O–H groups in total. The zero-order valence-corrected chi connectivity index (χ0v) is 13.3. The number of hydrogen-bond acceptors (Lipinski definition) is 16. The van der Waals surface area contributed by atoms with Crippen molar-refractivity contribution in [2.75, 3.05) is 0 Å². The van der Waals surface area contributed by atoms with E-state index in [1.807, 2.05) is 0 Å². The third-order valence-electron chi connectivity index (χ3n) is 4.23. The third kappa shape index (κ3) is 1.87. The number of hydrogen-bond donors (Lipinski definition) is 0. The molecule has 0 fully saturated rings. The second kappa shape index (κ2) is 6.24. The van der Waals surface area contributed by atoms with Crippen molar-refractivity contribution < 1.29 is 39.4 Å². The lowest BCUT2D eigenvalue weighted by Gasteiger charge is -2.30. The molecule has 0 amide bonds. The van der Waals surface area contributed by atoms with Crippen LogP contribution < -0.4 is 0 Å².